The second kappa shape index (κ2) is 5.72. The Balaban J connectivity index is 2.13. The standard InChI is InChI=1S/C14H19ClN2O/c1-10-7-13(15)4-3-12(10)8-14-9-16-5-6-17(14)11(2)18/h3-4,7,14,16H,5-6,8-9H2,1-2H3. The number of aryl methyl sites for hydroxylation is 1. The molecule has 0 aromatic heterocycles. The molecule has 0 spiro atoms. The molecule has 0 radical (unpaired) electrons. The molecule has 1 unspecified atom stereocenters. The first-order chi connectivity index (χ1) is 8.58. The summed E-state index contributed by atoms with van der Waals surface area (Å²) in [4.78, 5) is 13.6. The number of piperazine rings is 1. The summed E-state index contributed by atoms with van der Waals surface area (Å²) in [5, 5.41) is 4.12. The van der Waals surface area contributed by atoms with Crippen LogP contribution < -0.4 is 5.32 Å². The van der Waals surface area contributed by atoms with E-state index in [1.165, 1.54) is 11.1 Å². The van der Waals surface area contributed by atoms with E-state index in [2.05, 4.69) is 18.3 Å². The van der Waals surface area contributed by atoms with Crippen molar-refractivity contribution < 1.29 is 4.79 Å². The summed E-state index contributed by atoms with van der Waals surface area (Å²) < 4.78 is 0. The molecule has 1 amide bonds. The van der Waals surface area contributed by atoms with Crippen LogP contribution in [0.3, 0.4) is 0 Å². The summed E-state index contributed by atoms with van der Waals surface area (Å²) in [6.07, 6.45) is 0.885. The Bertz CT molecular complexity index is 447. The molecule has 0 saturated carbocycles. The van der Waals surface area contributed by atoms with Crippen molar-refractivity contribution in [2.45, 2.75) is 26.3 Å². The van der Waals surface area contributed by atoms with Gasteiger partial charge in [-0.05, 0) is 36.6 Å². The van der Waals surface area contributed by atoms with Crippen molar-refractivity contribution in [1.82, 2.24) is 10.2 Å². The van der Waals surface area contributed by atoms with Crippen molar-refractivity contribution in [3.8, 4) is 0 Å². The normalized spacial score (nSPS) is 19.9. The van der Waals surface area contributed by atoms with Gasteiger partial charge in [-0.15, -0.1) is 0 Å². The van der Waals surface area contributed by atoms with Crippen molar-refractivity contribution in [1.29, 1.82) is 0 Å². The van der Waals surface area contributed by atoms with Crippen LogP contribution in [0.15, 0.2) is 18.2 Å². The van der Waals surface area contributed by atoms with Gasteiger partial charge in [0.05, 0.1) is 0 Å². The molecule has 1 atom stereocenters. The lowest BCUT2D eigenvalue weighted by atomic mass is 9.99. The molecule has 1 aromatic carbocycles. The van der Waals surface area contributed by atoms with E-state index in [-0.39, 0.29) is 11.9 Å². The average Bonchev–Trinajstić information content (AvgIpc) is 2.33. The Hall–Kier alpha value is -1.06. The highest BCUT2D eigenvalue weighted by molar-refractivity contribution is 6.30. The number of halogens is 1. The first-order valence-electron chi connectivity index (χ1n) is 6.31. The van der Waals surface area contributed by atoms with Crippen LogP contribution in [0.2, 0.25) is 5.02 Å². The quantitative estimate of drug-likeness (QED) is 0.888. The van der Waals surface area contributed by atoms with Gasteiger partial charge in [0.2, 0.25) is 5.91 Å². The summed E-state index contributed by atoms with van der Waals surface area (Å²) in [7, 11) is 0. The molecular formula is C14H19ClN2O. The third kappa shape index (κ3) is 3.03. The Morgan fingerprint density at radius 1 is 1.56 bits per heavy atom. The molecule has 3 nitrogen and oxygen atoms in total. The molecule has 18 heavy (non-hydrogen) atoms. The maximum absolute atomic E-state index is 11.6. The fraction of sp³-hybridized carbons (Fsp3) is 0.500. The number of amides is 1. The third-order valence-electron chi connectivity index (χ3n) is 3.51. The molecule has 2 rings (SSSR count). The number of rotatable bonds is 2. The molecule has 1 aliphatic heterocycles. The molecule has 1 aliphatic rings. The highest BCUT2D eigenvalue weighted by atomic mass is 35.5. The van der Waals surface area contributed by atoms with E-state index in [0.717, 1.165) is 31.1 Å². The third-order valence-corrected chi connectivity index (χ3v) is 3.75. The van der Waals surface area contributed by atoms with E-state index in [9.17, 15) is 4.79 Å². The smallest absolute Gasteiger partial charge is 0.219 e. The van der Waals surface area contributed by atoms with E-state index >= 15 is 0 Å². The van der Waals surface area contributed by atoms with Gasteiger partial charge in [0.1, 0.15) is 0 Å². The molecule has 0 aliphatic carbocycles. The zero-order valence-electron chi connectivity index (χ0n) is 10.9. The van der Waals surface area contributed by atoms with Gasteiger partial charge < -0.3 is 10.2 Å². The number of benzene rings is 1. The number of nitrogens with one attached hydrogen (secondary N) is 1. The van der Waals surface area contributed by atoms with Gasteiger partial charge in [-0.25, -0.2) is 0 Å². The van der Waals surface area contributed by atoms with Gasteiger partial charge in [-0.3, -0.25) is 4.79 Å². The van der Waals surface area contributed by atoms with Crippen LogP contribution in [0.4, 0.5) is 0 Å². The van der Waals surface area contributed by atoms with Crippen molar-refractivity contribution in [2.24, 2.45) is 0 Å². The highest BCUT2D eigenvalue weighted by Gasteiger charge is 2.24. The molecule has 1 N–H and O–H groups in total. The van der Waals surface area contributed by atoms with Crippen molar-refractivity contribution in [3.05, 3.63) is 34.3 Å². The van der Waals surface area contributed by atoms with E-state index in [1.54, 1.807) is 6.92 Å². The van der Waals surface area contributed by atoms with Gasteiger partial charge in [-0.2, -0.15) is 0 Å². The van der Waals surface area contributed by atoms with Gasteiger partial charge in [-0.1, -0.05) is 17.7 Å². The first-order valence-corrected chi connectivity index (χ1v) is 6.68. The van der Waals surface area contributed by atoms with Crippen LogP contribution in [-0.2, 0) is 11.2 Å². The molecule has 1 aromatic rings. The topological polar surface area (TPSA) is 32.3 Å². The highest BCUT2D eigenvalue weighted by Crippen LogP contribution is 2.19. The number of carbonyl (C=O) groups is 1. The van der Waals surface area contributed by atoms with Crippen molar-refractivity contribution in [3.63, 3.8) is 0 Å². The molecule has 98 valence electrons. The SMILES string of the molecule is CC(=O)N1CCNCC1Cc1ccc(Cl)cc1C. The molecular weight excluding hydrogens is 248 g/mol. The van der Waals surface area contributed by atoms with Crippen LogP contribution in [0.25, 0.3) is 0 Å². The fourth-order valence-electron chi connectivity index (χ4n) is 2.50. The molecule has 1 saturated heterocycles. The van der Waals surface area contributed by atoms with Gasteiger partial charge in [0, 0.05) is 37.6 Å². The van der Waals surface area contributed by atoms with E-state index < -0.39 is 0 Å². The molecule has 1 fully saturated rings. The molecule has 4 heteroatoms. The second-order valence-electron chi connectivity index (χ2n) is 4.85. The Morgan fingerprint density at radius 3 is 3.00 bits per heavy atom. The lowest BCUT2D eigenvalue weighted by Gasteiger charge is -2.36. The Labute approximate surface area is 113 Å². The van der Waals surface area contributed by atoms with Crippen LogP contribution in [0, 0.1) is 6.92 Å². The van der Waals surface area contributed by atoms with E-state index in [4.69, 9.17) is 11.6 Å². The Kier molecular flexibility index (Phi) is 4.25. The summed E-state index contributed by atoms with van der Waals surface area (Å²) in [5.41, 5.74) is 2.45. The predicted octanol–water partition coefficient (Wildman–Crippen LogP) is 2.01. The summed E-state index contributed by atoms with van der Waals surface area (Å²) in [6.45, 7) is 6.26. The number of nitrogens with zero attached hydrogens (tertiary/aromatic N) is 1. The van der Waals surface area contributed by atoms with Crippen molar-refractivity contribution >= 4 is 17.5 Å². The largest absolute Gasteiger partial charge is 0.337 e. The number of carbonyl (C=O) groups excluding carboxylic acids is 1. The minimum absolute atomic E-state index is 0.160. The number of hydrogen-bond acceptors (Lipinski definition) is 2. The van der Waals surface area contributed by atoms with Crippen molar-refractivity contribution in [2.75, 3.05) is 19.6 Å². The summed E-state index contributed by atoms with van der Waals surface area (Å²) >= 11 is 5.96. The van der Waals surface area contributed by atoms with Gasteiger partial charge in [0.15, 0.2) is 0 Å². The lowest BCUT2D eigenvalue weighted by molar-refractivity contribution is -0.131. The van der Waals surface area contributed by atoms with Crippen LogP contribution in [-0.4, -0.2) is 36.5 Å². The van der Waals surface area contributed by atoms with Crippen LogP contribution in [0.1, 0.15) is 18.1 Å². The van der Waals surface area contributed by atoms with E-state index in [0.29, 0.717) is 0 Å². The zero-order chi connectivity index (χ0) is 13.1. The molecule has 0 bridgehead atoms. The zero-order valence-corrected chi connectivity index (χ0v) is 11.6. The monoisotopic (exact) mass is 266 g/mol. The molecule has 1 heterocycles. The van der Waals surface area contributed by atoms with Crippen LogP contribution >= 0.6 is 11.6 Å². The second-order valence-corrected chi connectivity index (χ2v) is 5.28. The Morgan fingerprint density at radius 2 is 2.33 bits per heavy atom. The lowest BCUT2D eigenvalue weighted by Crippen LogP contribution is -2.53. The fourth-order valence-corrected chi connectivity index (χ4v) is 2.73. The summed E-state index contributed by atoms with van der Waals surface area (Å²) in [6, 6.07) is 6.20. The number of hydrogen-bond donors (Lipinski definition) is 1. The van der Waals surface area contributed by atoms with Gasteiger partial charge >= 0.3 is 0 Å². The minimum atomic E-state index is 0.160. The minimum Gasteiger partial charge on any atom is -0.337 e. The van der Waals surface area contributed by atoms with Gasteiger partial charge in [0.25, 0.3) is 0 Å². The predicted molar refractivity (Wildman–Crippen MR) is 73.9 cm³/mol. The van der Waals surface area contributed by atoms with Crippen LogP contribution in [0.5, 0.6) is 0 Å². The maximum atomic E-state index is 11.6. The summed E-state index contributed by atoms with van der Waals surface area (Å²) in [5.74, 6) is 0.160. The maximum Gasteiger partial charge on any atom is 0.219 e. The first kappa shape index (κ1) is 13.4. The van der Waals surface area contributed by atoms with E-state index in [1.807, 2.05) is 17.0 Å². The average molecular weight is 267 g/mol.